The maximum atomic E-state index is 11.9. The highest BCUT2D eigenvalue weighted by atomic mass is 32.2. The highest BCUT2D eigenvalue weighted by molar-refractivity contribution is 7.89. The normalized spacial score (nSPS) is 10.8. The van der Waals surface area contributed by atoms with Gasteiger partial charge in [0.15, 0.2) is 0 Å². The van der Waals surface area contributed by atoms with E-state index in [2.05, 4.69) is 10.0 Å². The van der Waals surface area contributed by atoms with Gasteiger partial charge in [0.1, 0.15) is 6.54 Å². The Morgan fingerprint density at radius 2 is 1.48 bits per heavy atom. The van der Waals surface area contributed by atoms with Crippen LogP contribution >= 0.6 is 0 Å². The first-order chi connectivity index (χ1) is 10.7. The van der Waals surface area contributed by atoms with Crippen molar-refractivity contribution in [1.29, 1.82) is 0 Å². The van der Waals surface area contributed by atoms with Crippen LogP contribution in [0.5, 0.6) is 0 Å². The molecule has 0 aliphatic heterocycles. The lowest BCUT2D eigenvalue weighted by Crippen LogP contribution is -2.42. The highest BCUT2D eigenvalue weighted by Crippen LogP contribution is 2.09. The molecule has 1 aromatic rings. The molecule has 23 heavy (non-hydrogen) atoms. The first kappa shape index (κ1) is 18.6. The molecule has 0 aliphatic carbocycles. The summed E-state index contributed by atoms with van der Waals surface area (Å²) in [5, 5.41) is 12.6. The van der Waals surface area contributed by atoms with Gasteiger partial charge in [0, 0.05) is 0 Å². The second kappa shape index (κ2) is 8.25. The fourth-order valence-electron chi connectivity index (χ4n) is 1.44. The Bertz CT molecular complexity index is 684. The molecule has 0 aliphatic rings. The number of hydrogen-bond donors (Lipinski definition) is 4. The van der Waals surface area contributed by atoms with Gasteiger partial charge in [-0.25, -0.2) is 13.1 Å². The molecule has 1 rings (SSSR count). The highest BCUT2D eigenvalue weighted by Gasteiger charge is 2.15. The van der Waals surface area contributed by atoms with Gasteiger partial charge in [-0.15, -0.1) is 0 Å². The molecular formula is C13H17N3O6S. The number of aryl methyl sites for hydroxylation is 1. The standard InChI is InChI=1S/C13H17N3O6S/c1-9-2-4-10(5-3-9)23(21,22)16-7-12(18)14-6-11(17)15-8-13(19)20/h2-5,16H,6-8H2,1H3,(H,14,18)(H,15,17)(H,19,20). The molecule has 0 saturated carbocycles. The van der Waals surface area contributed by atoms with Gasteiger partial charge in [0.05, 0.1) is 18.0 Å². The Balaban J connectivity index is 2.42. The average molecular weight is 343 g/mol. The van der Waals surface area contributed by atoms with Crippen molar-refractivity contribution < 1.29 is 27.9 Å². The van der Waals surface area contributed by atoms with Crippen LogP contribution in [0.2, 0.25) is 0 Å². The Labute approximate surface area is 133 Å². The Kier molecular flexibility index (Phi) is 6.66. The summed E-state index contributed by atoms with van der Waals surface area (Å²) in [7, 11) is -3.82. The van der Waals surface area contributed by atoms with Crippen LogP contribution in [-0.4, -0.2) is 50.9 Å². The van der Waals surface area contributed by atoms with E-state index in [1.54, 1.807) is 12.1 Å². The zero-order valence-corrected chi connectivity index (χ0v) is 13.1. The molecule has 2 amide bonds. The van der Waals surface area contributed by atoms with E-state index in [0.717, 1.165) is 5.56 Å². The summed E-state index contributed by atoms with van der Waals surface area (Å²) in [5.74, 6) is -2.62. The fraction of sp³-hybridized carbons (Fsp3) is 0.308. The van der Waals surface area contributed by atoms with Crippen LogP contribution in [-0.2, 0) is 24.4 Å². The summed E-state index contributed by atoms with van der Waals surface area (Å²) in [5.41, 5.74) is 0.897. The van der Waals surface area contributed by atoms with Crippen molar-refractivity contribution in [3.05, 3.63) is 29.8 Å². The van der Waals surface area contributed by atoms with Crippen molar-refractivity contribution >= 4 is 27.8 Å². The van der Waals surface area contributed by atoms with Crippen molar-refractivity contribution in [3.63, 3.8) is 0 Å². The van der Waals surface area contributed by atoms with Gasteiger partial charge in [-0.2, -0.15) is 0 Å². The van der Waals surface area contributed by atoms with Crippen LogP contribution in [0.3, 0.4) is 0 Å². The van der Waals surface area contributed by atoms with E-state index in [9.17, 15) is 22.8 Å². The molecule has 0 unspecified atom stereocenters. The second-order valence-corrected chi connectivity index (χ2v) is 6.35. The molecule has 1 aromatic carbocycles. The average Bonchev–Trinajstić information content (AvgIpc) is 2.49. The zero-order valence-electron chi connectivity index (χ0n) is 12.3. The van der Waals surface area contributed by atoms with Gasteiger partial charge in [-0.3, -0.25) is 14.4 Å². The molecule has 0 bridgehead atoms. The number of benzene rings is 1. The Morgan fingerprint density at radius 1 is 0.957 bits per heavy atom. The van der Waals surface area contributed by atoms with Crippen LogP contribution in [0.25, 0.3) is 0 Å². The summed E-state index contributed by atoms with van der Waals surface area (Å²) >= 11 is 0. The van der Waals surface area contributed by atoms with Crippen molar-refractivity contribution in [3.8, 4) is 0 Å². The van der Waals surface area contributed by atoms with Crippen molar-refractivity contribution in [2.75, 3.05) is 19.6 Å². The minimum absolute atomic E-state index is 0.0232. The van der Waals surface area contributed by atoms with Crippen molar-refractivity contribution in [1.82, 2.24) is 15.4 Å². The van der Waals surface area contributed by atoms with E-state index < -0.39 is 47.4 Å². The van der Waals surface area contributed by atoms with E-state index in [1.807, 2.05) is 12.2 Å². The molecule has 0 fully saturated rings. The molecular weight excluding hydrogens is 326 g/mol. The number of carbonyl (C=O) groups is 3. The monoisotopic (exact) mass is 343 g/mol. The molecule has 0 radical (unpaired) electrons. The number of aliphatic carboxylic acids is 1. The molecule has 0 atom stereocenters. The predicted molar refractivity (Wildman–Crippen MR) is 80.0 cm³/mol. The van der Waals surface area contributed by atoms with Gasteiger partial charge in [0.2, 0.25) is 21.8 Å². The van der Waals surface area contributed by atoms with E-state index in [0.29, 0.717) is 0 Å². The smallest absolute Gasteiger partial charge is 0.322 e. The molecule has 4 N–H and O–H groups in total. The largest absolute Gasteiger partial charge is 0.480 e. The van der Waals surface area contributed by atoms with Gasteiger partial charge in [-0.05, 0) is 19.1 Å². The fourth-order valence-corrected chi connectivity index (χ4v) is 2.42. The van der Waals surface area contributed by atoms with Crippen molar-refractivity contribution in [2.24, 2.45) is 0 Å². The maximum Gasteiger partial charge on any atom is 0.322 e. The zero-order chi connectivity index (χ0) is 17.5. The maximum absolute atomic E-state index is 11.9. The molecule has 0 spiro atoms. The Morgan fingerprint density at radius 3 is 2.04 bits per heavy atom. The van der Waals surface area contributed by atoms with Gasteiger partial charge < -0.3 is 15.7 Å². The Hall–Kier alpha value is -2.46. The number of amides is 2. The quantitative estimate of drug-likeness (QED) is 0.457. The van der Waals surface area contributed by atoms with Gasteiger partial charge in [-0.1, -0.05) is 17.7 Å². The van der Waals surface area contributed by atoms with E-state index in [1.165, 1.54) is 12.1 Å². The minimum atomic E-state index is -3.82. The number of carboxylic acids is 1. The van der Waals surface area contributed by atoms with Crippen LogP contribution < -0.4 is 15.4 Å². The SMILES string of the molecule is Cc1ccc(S(=O)(=O)NCC(=O)NCC(=O)NCC(=O)O)cc1. The third kappa shape index (κ3) is 6.89. The lowest BCUT2D eigenvalue weighted by molar-refractivity contribution is -0.137. The molecule has 126 valence electrons. The predicted octanol–water partition coefficient (Wildman–Crippen LogP) is -1.41. The summed E-state index contributed by atoms with van der Waals surface area (Å²) in [6.07, 6.45) is 0. The van der Waals surface area contributed by atoms with E-state index >= 15 is 0 Å². The molecule has 9 nitrogen and oxygen atoms in total. The molecule has 10 heteroatoms. The molecule has 0 saturated heterocycles. The number of hydrogen-bond acceptors (Lipinski definition) is 5. The number of sulfonamides is 1. The van der Waals surface area contributed by atoms with Gasteiger partial charge in [0.25, 0.3) is 0 Å². The lowest BCUT2D eigenvalue weighted by atomic mass is 10.2. The third-order valence-electron chi connectivity index (χ3n) is 2.64. The first-order valence-electron chi connectivity index (χ1n) is 6.52. The number of carbonyl (C=O) groups excluding carboxylic acids is 2. The summed E-state index contributed by atoms with van der Waals surface area (Å²) in [6, 6.07) is 6.08. The molecule has 0 aromatic heterocycles. The van der Waals surface area contributed by atoms with E-state index in [4.69, 9.17) is 5.11 Å². The van der Waals surface area contributed by atoms with Crippen LogP contribution in [0.4, 0.5) is 0 Å². The number of nitrogens with one attached hydrogen (secondary N) is 3. The minimum Gasteiger partial charge on any atom is -0.480 e. The third-order valence-corrected chi connectivity index (χ3v) is 4.05. The summed E-state index contributed by atoms with van der Waals surface area (Å²) in [6.45, 7) is 0.266. The van der Waals surface area contributed by atoms with Crippen LogP contribution in [0.1, 0.15) is 5.56 Å². The lowest BCUT2D eigenvalue weighted by Gasteiger charge is -2.08. The summed E-state index contributed by atoms with van der Waals surface area (Å²) in [4.78, 5) is 32.9. The number of carboxylic acid groups (broad SMARTS) is 1. The van der Waals surface area contributed by atoms with Crippen LogP contribution in [0.15, 0.2) is 29.2 Å². The van der Waals surface area contributed by atoms with E-state index in [-0.39, 0.29) is 4.90 Å². The first-order valence-corrected chi connectivity index (χ1v) is 8.00. The topological polar surface area (TPSA) is 142 Å². The summed E-state index contributed by atoms with van der Waals surface area (Å²) < 4.78 is 26.0. The van der Waals surface area contributed by atoms with Crippen LogP contribution in [0, 0.1) is 6.92 Å². The number of rotatable bonds is 8. The molecule has 0 heterocycles. The van der Waals surface area contributed by atoms with Crippen molar-refractivity contribution in [2.45, 2.75) is 11.8 Å². The second-order valence-electron chi connectivity index (χ2n) is 4.58. The van der Waals surface area contributed by atoms with Gasteiger partial charge >= 0.3 is 5.97 Å².